The monoisotopic (exact) mass is 514 g/mol. The Morgan fingerprint density at radius 1 is 0.757 bits per heavy atom. The summed E-state index contributed by atoms with van der Waals surface area (Å²) in [6.07, 6.45) is -10.1. The lowest BCUT2D eigenvalue weighted by atomic mass is 9.77. The van der Waals surface area contributed by atoms with Crippen molar-refractivity contribution in [3.05, 3.63) is 118 Å². The first kappa shape index (κ1) is 24.3. The van der Waals surface area contributed by atoms with Crippen molar-refractivity contribution in [2.24, 2.45) is 5.73 Å². The number of ether oxygens (including phenoxy) is 2. The molecule has 0 saturated carbocycles. The molecule has 5 rings (SSSR count). The van der Waals surface area contributed by atoms with Gasteiger partial charge in [0.15, 0.2) is 0 Å². The lowest BCUT2D eigenvalue weighted by molar-refractivity contribution is -0.138. The summed E-state index contributed by atoms with van der Waals surface area (Å²) < 4.78 is 91.1. The second-order valence-corrected chi connectivity index (χ2v) is 8.44. The van der Waals surface area contributed by atoms with E-state index in [1.165, 1.54) is 24.3 Å². The number of para-hydroxylation sites is 1. The molecule has 0 amide bonds. The molecule has 2 aliphatic rings. The Kier molecular flexibility index (Phi) is 5.67. The number of fused-ring (bicyclic) bond motifs is 2. The average Bonchev–Trinajstić information content (AvgIpc) is 2.86. The van der Waals surface area contributed by atoms with Crippen LogP contribution in [0.2, 0.25) is 0 Å². The van der Waals surface area contributed by atoms with Gasteiger partial charge in [0.1, 0.15) is 29.3 Å². The Morgan fingerprint density at radius 2 is 1.30 bits per heavy atom. The number of hydrogen-bond donors (Lipinski definition) is 1. The van der Waals surface area contributed by atoms with Crippen molar-refractivity contribution >= 4 is 5.76 Å². The largest absolute Gasteiger partial charge is 0.480 e. The third kappa shape index (κ3) is 4.27. The van der Waals surface area contributed by atoms with E-state index >= 15 is 0 Å². The second-order valence-electron chi connectivity index (χ2n) is 8.44. The molecule has 3 aromatic rings. The van der Waals surface area contributed by atoms with Gasteiger partial charge in [-0.25, -0.2) is 0 Å². The van der Waals surface area contributed by atoms with Gasteiger partial charge in [0.25, 0.3) is 0 Å². The van der Waals surface area contributed by atoms with Crippen molar-refractivity contribution in [3.63, 3.8) is 0 Å². The van der Waals surface area contributed by atoms with Crippen LogP contribution in [0.15, 0.2) is 89.8 Å². The third-order valence-corrected chi connectivity index (χ3v) is 6.23. The summed E-state index contributed by atoms with van der Waals surface area (Å²) in [5.74, 6) is -0.607. The summed E-state index contributed by atoms with van der Waals surface area (Å²) in [5, 5.41) is 9.91. The molecule has 0 aliphatic carbocycles. The Bertz CT molecular complexity index is 1460. The SMILES string of the molecule is N#CC1=C(N)OC2=C(C(c3ccc(C(F)(F)F)cc3)Oc3ccccc32)C1c1ccc(C(F)(F)F)cc1. The molecular formula is C27H16F6N2O2. The van der Waals surface area contributed by atoms with Crippen LogP contribution in [0.25, 0.3) is 5.76 Å². The van der Waals surface area contributed by atoms with Crippen molar-refractivity contribution in [3.8, 4) is 11.8 Å². The maximum Gasteiger partial charge on any atom is 0.416 e. The molecule has 4 nitrogen and oxygen atoms in total. The van der Waals surface area contributed by atoms with Gasteiger partial charge in [-0.3, -0.25) is 0 Å². The molecule has 0 bridgehead atoms. The number of halogens is 6. The Labute approximate surface area is 206 Å². The normalized spacial score (nSPS) is 19.4. The average molecular weight is 514 g/mol. The lowest BCUT2D eigenvalue weighted by Gasteiger charge is -2.38. The highest BCUT2D eigenvalue weighted by molar-refractivity contribution is 5.77. The van der Waals surface area contributed by atoms with Gasteiger partial charge in [-0.05, 0) is 47.5 Å². The zero-order valence-electron chi connectivity index (χ0n) is 18.7. The zero-order chi connectivity index (χ0) is 26.5. The van der Waals surface area contributed by atoms with Crippen molar-refractivity contribution in [1.29, 1.82) is 5.26 Å². The Balaban J connectivity index is 1.71. The molecule has 0 saturated heterocycles. The smallest absolute Gasteiger partial charge is 0.416 e. The molecule has 188 valence electrons. The molecular weight excluding hydrogens is 498 g/mol. The van der Waals surface area contributed by atoms with Crippen LogP contribution < -0.4 is 10.5 Å². The Hall–Kier alpha value is -4.39. The first-order valence-corrected chi connectivity index (χ1v) is 10.9. The minimum absolute atomic E-state index is 0.0570. The number of alkyl halides is 6. The molecule has 10 heteroatoms. The van der Waals surface area contributed by atoms with Crippen LogP contribution in [-0.2, 0) is 17.1 Å². The number of nitriles is 1. The van der Waals surface area contributed by atoms with Crippen molar-refractivity contribution in [2.75, 3.05) is 0 Å². The molecule has 3 aromatic carbocycles. The maximum atomic E-state index is 13.2. The van der Waals surface area contributed by atoms with Gasteiger partial charge in [0.05, 0.1) is 22.6 Å². The topological polar surface area (TPSA) is 68.3 Å². The van der Waals surface area contributed by atoms with Gasteiger partial charge >= 0.3 is 12.4 Å². The van der Waals surface area contributed by atoms with E-state index in [4.69, 9.17) is 15.2 Å². The van der Waals surface area contributed by atoms with E-state index in [9.17, 15) is 31.6 Å². The van der Waals surface area contributed by atoms with E-state index < -0.39 is 35.5 Å². The van der Waals surface area contributed by atoms with Crippen LogP contribution >= 0.6 is 0 Å². The molecule has 2 N–H and O–H groups in total. The number of nitrogens with zero attached hydrogens (tertiary/aromatic N) is 1. The molecule has 2 atom stereocenters. The standard InChI is InChI=1S/C27H16F6N2O2/c28-26(29,30)16-9-5-14(6-10-16)21-19(13-34)25(35)37-24-18-3-1-2-4-20(18)36-23(22(21)24)15-7-11-17(12-8-15)27(31,32)33/h1-12,21,23H,35H2. The summed E-state index contributed by atoms with van der Waals surface area (Å²) in [7, 11) is 0. The second kappa shape index (κ2) is 8.62. The quantitative estimate of drug-likeness (QED) is 0.371. The molecule has 2 heterocycles. The van der Waals surface area contributed by atoms with Crippen LogP contribution in [0, 0.1) is 11.3 Å². The number of benzene rings is 3. The number of hydrogen-bond acceptors (Lipinski definition) is 4. The van der Waals surface area contributed by atoms with E-state index in [0.29, 0.717) is 28.0 Å². The summed E-state index contributed by atoms with van der Waals surface area (Å²) in [6, 6.07) is 17.3. The van der Waals surface area contributed by atoms with Gasteiger partial charge in [-0.1, -0.05) is 36.4 Å². The first-order valence-electron chi connectivity index (χ1n) is 10.9. The van der Waals surface area contributed by atoms with E-state index in [2.05, 4.69) is 0 Å². The lowest BCUT2D eigenvalue weighted by Crippen LogP contribution is -2.29. The first-order chi connectivity index (χ1) is 17.5. The number of nitrogens with two attached hydrogens (primary N) is 1. The summed E-state index contributed by atoms with van der Waals surface area (Å²) in [4.78, 5) is 0. The number of allylic oxidation sites excluding steroid dienone is 1. The van der Waals surface area contributed by atoms with Gasteiger partial charge < -0.3 is 15.2 Å². The van der Waals surface area contributed by atoms with Gasteiger partial charge in [0, 0.05) is 5.57 Å². The fourth-order valence-corrected chi connectivity index (χ4v) is 4.51. The van der Waals surface area contributed by atoms with E-state index in [0.717, 1.165) is 24.3 Å². The van der Waals surface area contributed by atoms with Crippen molar-refractivity contribution in [1.82, 2.24) is 0 Å². The summed E-state index contributed by atoms with van der Waals surface area (Å²) in [5.41, 5.74) is 5.75. The van der Waals surface area contributed by atoms with Gasteiger partial charge in [0.2, 0.25) is 5.88 Å². The van der Waals surface area contributed by atoms with E-state index in [1.54, 1.807) is 24.3 Å². The summed E-state index contributed by atoms with van der Waals surface area (Å²) >= 11 is 0. The fraction of sp³-hybridized carbons (Fsp3) is 0.148. The minimum Gasteiger partial charge on any atom is -0.480 e. The van der Waals surface area contributed by atoms with Crippen molar-refractivity contribution < 1.29 is 35.8 Å². The molecule has 0 radical (unpaired) electrons. The van der Waals surface area contributed by atoms with E-state index in [-0.39, 0.29) is 17.2 Å². The zero-order valence-corrected chi connectivity index (χ0v) is 18.7. The van der Waals surface area contributed by atoms with Crippen LogP contribution in [0.4, 0.5) is 26.3 Å². The molecule has 2 unspecified atom stereocenters. The predicted molar refractivity (Wildman–Crippen MR) is 120 cm³/mol. The molecule has 0 fully saturated rings. The predicted octanol–water partition coefficient (Wildman–Crippen LogP) is 7.08. The number of rotatable bonds is 2. The van der Waals surface area contributed by atoms with Gasteiger partial charge in [-0.2, -0.15) is 31.6 Å². The van der Waals surface area contributed by atoms with E-state index in [1.807, 2.05) is 6.07 Å². The van der Waals surface area contributed by atoms with Crippen LogP contribution in [0.1, 0.15) is 39.8 Å². The maximum absolute atomic E-state index is 13.2. The highest BCUT2D eigenvalue weighted by Gasteiger charge is 2.43. The van der Waals surface area contributed by atoms with Crippen LogP contribution in [0.3, 0.4) is 0 Å². The third-order valence-electron chi connectivity index (χ3n) is 6.23. The Morgan fingerprint density at radius 3 is 1.84 bits per heavy atom. The fourth-order valence-electron chi connectivity index (χ4n) is 4.51. The molecule has 0 aromatic heterocycles. The van der Waals surface area contributed by atoms with Crippen molar-refractivity contribution in [2.45, 2.75) is 24.4 Å². The van der Waals surface area contributed by atoms with Crippen LogP contribution in [-0.4, -0.2) is 0 Å². The van der Waals surface area contributed by atoms with Crippen LogP contribution in [0.5, 0.6) is 5.75 Å². The minimum atomic E-state index is -4.57. The molecule has 0 spiro atoms. The molecule has 2 aliphatic heterocycles. The summed E-state index contributed by atoms with van der Waals surface area (Å²) in [6.45, 7) is 0. The van der Waals surface area contributed by atoms with Gasteiger partial charge in [-0.15, -0.1) is 0 Å². The highest BCUT2D eigenvalue weighted by Crippen LogP contribution is 2.53. The highest BCUT2D eigenvalue weighted by atomic mass is 19.4. The molecule has 37 heavy (non-hydrogen) atoms.